The number of ether oxygens (including phenoxy) is 1. The summed E-state index contributed by atoms with van der Waals surface area (Å²) in [5, 5.41) is 8.86. The van der Waals surface area contributed by atoms with Crippen molar-refractivity contribution in [3.05, 3.63) is 29.8 Å². The van der Waals surface area contributed by atoms with Gasteiger partial charge in [0, 0.05) is 38.5 Å². The molecule has 3 rings (SSSR count). The van der Waals surface area contributed by atoms with E-state index in [-0.39, 0.29) is 12.0 Å². The van der Waals surface area contributed by atoms with Crippen LogP contribution in [0, 0.1) is 11.3 Å². The second kappa shape index (κ2) is 6.80. The monoisotopic (exact) mass is 299 g/mol. The van der Waals surface area contributed by atoms with Gasteiger partial charge in [-0.15, -0.1) is 0 Å². The molecule has 2 saturated heterocycles. The minimum absolute atomic E-state index is 0.152. The van der Waals surface area contributed by atoms with Crippen molar-refractivity contribution < 1.29 is 9.53 Å². The van der Waals surface area contributed by atoms with Gasteiger partial charge >= 0.3 is 0 Å². The first kappa shape index (κ1) is 14.9. The smallest absolute Gasteiger partial charge is 0.251 e. The highest BCUT2D eigenvalue weighted by molar-refractivity contribution is 5.81. The largest absolute Gasteiger partial charge is 0.370 e. The van der Waals surface area contributed by atoms with Crippen LogP contribution >= 0.6 is 0 Å². The molecule has 0 aromatic heterocycles. The fourth-order valence-electron chi connectivity index (χ4n) is 3.12. The number of nitriles is 1. The first-order valence-corrected chi connectivity index (χ1v) is 7.93. The fraction of sp³-hybridized carbons (Fsp3) is 0.529. The molecule has 0 unspecified atom stereocenters. The van der Waals surface area contributed by atoms with Crippen molar-refractivity contribution in [3.63, 3.8) is 0 Å². The zero-order chi connectivity index (χ0) is 15.4. The van der Waals surface area contributed by atoms with Crippen LogP contribution in [0.5, 0.6) is 0 Å². The normalized spacial score (nSPS) is 22.2. The van der Waals surface area contributed by atoms with E-state index in [1.165, 1.54) is 0 Å². The lowest BCUT2D eigenvalue weighted by atomic mass is 10.2. The second-order valence-corrected chi connectivity index (χ2v) is 5.83. The predicted octanol–water partition coefficient (Wildman–Crippen LogP) is 1.78. The molecule has 0 saturated carbocycles. The molecule has 2 aliphatic rings. The van der Waals surface area contributed by atoms with Crippen LogP contribution in [-0.4, -0.2) is 49.7 Å². The highest BCUT2D eigenvalue weighted by Gasteiger charge is 2.29. The van der Waals surface area contributed by atoms with Gasteiger partial charge < -0.3 is 14.5 Å². The molecule has 22 heavy (non-hydrogen) atoms. The topological polar surface area (TPSA) is 56.6 Å². The molecule has 1 atom stereocenters. The van der Waals surface area contributed by atoms with Crippen molar-refractivity contribution in [2.45, 2.75) is 25.4 Å². The molecule has 116 valence electrons. The van der Waals surface area contributed by atoms with E-state index < -0.39 is 0 Å². The molecule has 1 aromatic carbocycles. The number of amides is 1. The lowest BCUT2D eigenvalue weighted by Crippen LogP contribution is -2.41. The zero-order valence-electron chi connectivity index (χ0n) is 12.7. The van der Waals surface area contributed by atoms with Gasteiger partial charge in [-0.2, -0.15) is 5.26 Å². The molecule has 5 nitrogen and oxygen atoms in total. The maximum absolute atomic E-state index is 12.4. The molecule has 0 N–H and O–H groups in total. The van der Waals surface area contributed by atoms with Crippen LogP contribution in [0.1, 0.15) is 24.8 Å². The van der Waals surface area contributed by atoms with E-state index in [9.17, 15) is 4.79 Å². The number of anilines is 1. The van der Waals surface area contributed by atoms with Crippen LogP contribution in [-0.2, 0) is 9.53 Å². The maximum atomic E-state index is 12.4. The lowest BCUT2D eigenvalue weighted by Gasteiger charge is -2.25. The van der Waals surface area contributed by atoms with E-state index in [4.69, 9.17) is 10.00 Å². The van der Waals surface area contributed by atoms with Gasteiger partial charge in [0.1, 0.15) is 6.10 Å². The van der Waals surface area contributed by atoms with Gasteiger partial charge in [-0.3, -0.25) is 4.79 Å². The Hall–Kier alpha value is -2.06. The quantitative estimate of drug-likeness (QED) is 0.835. The fourth-order valence-corrected chi connectivity index (χ4v) is 3.12. The Morgan fingerprint density at radius 1 is 1.14 bits per heavy atom. The Morgan fingerprint density at radius 3 is 2.64 bits per heavy atom. The van der Waals surface area contributed by atoms with E-state index in [1.807, 2.05) is 29.2 Å². The molecule has 0 bridgehead atoms. The molecule has 5 heteroatoms. The molecular formula is C17H21N3O2. The van der Waals surface area contributed by atoms with Crippen LogP contribution in [0.3, 0.4) is 0 Å². The summed E-state index contributed by atoms with van der Waals surface area (Å²) in [5.74, 6) is 0.152. The van der Waals surface area contributed by atoms with Gasteiger partial charge in [-0.1, -0.05) is 0 Å². The van der Waals surface area contributed by atoms with Crippen LogP contribution in [0.2, 0.25) is 0 Å². The SMILES string of the molecule is N#Cc1ccc(N2CCCN(C(=O)[C@@H]3CCCO3)CC2)cc1. The Bertz CT molecular complexity index is 558. The average molecular weight is 299 g/mol. The van der Waals surface area contributed by atoms with Crippen LogP contribution in [0.4, 0.5) is 5.69 Å². The molecule has 1 amide bonds. The van der Waals surface area contributed by atoms with Gasteiger partial charge in [0.25, 0.3) is 5.91 Å². The number of benzene rings is 1. The Labute approximate surface area is 131 Å². The third-order valence-electron chi connectivity index (χ3n) is 4.37. The maximum Gasteiger partial charge on any atom is 0.251 e. The summed E-state index contributed by atoms with van der Waals surface area (Å²) in [7, 11) is 0. The lowest BCUT2D eigenvalue weighted by molar-refractivity contribution is -0.140. The summed E-state index contributed by atoms with van der Waals surface area (Å²) in [6, 6.07) is 9.79. The van der Waals surface area contributed by atoms with Crippen molar-refractivity contribution in [2.24, 2.45) is 0 Å². The summed E-state index contributed by atoms with van der Waals surface area (Å²) in [4.78, 5) is 16.7. The first-order chi connectivity index (χ1) is 10.8. The van der Waals surface area contributed by atoms with Crippen molar-refractivity contribution in [3.8, 4) is 6.07 Å². The molecule has 2 aliphatic heterocycles. The van der Waals surface area contributed by atoms with Crippen LogP contribution in [0.25, 0.3) is 0 Å². The predicted molar refractivity (Wildman–Crippen MR) is 83.5 cm³/mol. The van der Waals surface area contributed by atoms with Gasteiger partial charge in [0.2, 0.25) is 0 Å². The number of nitrogens with zero attached hydrogens (tertiary/aromatic N) is 3. The third kappa shape index (κ3) is 3.23. The molecule has 0 spiro atoms. The molecule has 2 fully saturated rings. The highest BCUT2D eigenvalue weighted by Crippen LogP contribution is 2.19. The zero-order valence-corrected chi connectivity index (χ0v) is 12.7. The van der Waals surface area contributed by atoms with E-state index in [0.717, 1.165) is 51.1 Å². The Morgan fingerprint density at radius 2 is 1.95 bits per heavy atom. The van der Waals surface area contributed by atoms with E-state index in [1.54, 1.807) is 0 Å². The molecule has 2 heterocycles. The van der Waals surface area contributed by atoms with E-state index in [2.05, 4.69) is 11.0 Å². The van der Waals surface area contributed by atoms with Gasteiger partial charge in [0.15, 0.2) is 0 Å². The van der Waals surface area contributed by atoms with Crippen molar-refractivity contribution in [1.82, 2.24) is 4.90 Å². The summed E-state index contributed by atoms with van der Waals surface area (Å²) in [6.45, 7) is 4.00. The van der Waals surface area contributed by atoms with E-state index in [0.29, 0.717) is 12.2 Å². The highest BCUT2D eigenvalue weighted by atomic mass is 16.5. The van der Waals surface area contributed by atoms with Crippen LogP contribution < -0.4 is 4.90 Å². The number of carbonyl (C=O) groups excluding carboxylic acids is 1. The number of hydrogen-bond acceptors (Lipinski definition) is 4. The average Bonchev–Trinajstić information content (AvgIpc) is 2.99. The van der Waals surface area contributed by atoms with Gasteiger partial charge in [-0.25, -0.2) is 0 Å². The van der Waals surface area contributed by atoms with Crippen molar-refractivity contribution in [1.29, 1.82) is 5.26 Å². The van der Waals surface area contributed by atoms with Gasteiger partial charge in [-0.05, 0) is 43.5 Å². The summed E-state index contributed by atoms with van der Waals surface area (Å²) in [6.07, 6.45) is 2.58. The molecule has 0 radical (unpaired) electrons. The standard InChI is InChI=1S/C17H21N3O2/c18-13-14-4-6-15(7-5-14)19-8-2-9-20(11-10-19)17(21)16-3-1-12-22-16/h4-7,16H,1-3,8-12H2/t16-/m0/s1. The second-order valence-electron chi connectivity index (χ2n) is 5.83. The molecular weight excluding hydrogens is 278 g/mol. The van der Waals surface area contributed by atoms with Crippen LogP contribution in [0.15, 0.2) is 24.3 Å². The third-order valence-corrected chi connectivity index (χ3v) is 4.37. The Balaban J connectivity index is 1.61. The summed E-state index contributed by atoms with van der Waals surface area (Å²) >= 11 is 0. The molecule has 0 aliphatic carbocycles. The van der Waals surface area contributed by atoms with Crippen molar-refractivity contribution in [2.75, 3.05) is 37.7 Å². The number of rotatable bonds is 2. The van der Waals surface area contributed by atoms with E-state index >= 15 is 0 Å². The molecule has 1 aromatic rings. The van der Waals surface area contributed by atoms with Gasteiger partial charge in [0.05, 0.1) is 11.6 Å². The first-order valence-electron chi connectivity index (χ1n) is 7.93. The summed E-state index contributed by atoms with van der Waals surface area (Å²) < 4.78 is 5.51. The minimum Gasteiger partial charge on any atom is -0.370 e. The summed E-state index contributed by atoms with van der Waals surface area (Å²) in [5.41, 5.74) is 1.79. The number of carbonyl (C=O) groups is 1. The number of hydrogen-bond donors (Lipinski definition) is 0. The van der Waals surface area contributed by atoms with Crippen molar-refractivity contribution >= 4 is 11.6 Å². The Kier molecular flexibility index (Phi) is 4.59. The minimum atomic E-state index is -0.221.